The molecule has 0 bridgehead atoms. The van der Waals surface area contributed by atoms with Crippen molar-refractivity contribution in [3.63, 3.8) is 0 Å². The van der Waals surface area contributed by atoms with E-state index in [0.717, 1.165) is 6.92 Å². The maximum atomic E-state index is 13.0. The second-order valence-electron chi connectivity index (χ2n) is 5.41. The highest BCUT2D eigenvalue weighted by Gasteiger charge is 2.76. The van der Waals surface area contributed by atoms with Crippen LogP contribution < -0.4 is 0 Å². The smallest absolute Gasteiger partial charge is 0.475 e. The summed E-state index contributed by atoms with van der Waals surface area (Å²) in [6, 6.07) is 0. The number of hydrogen-bond donors (Lipinski definition) is 1. The summed E-state index contributed by atoms with van der Waals surface area (Å²) in [7, 11) is -14.9. The number of alkyl halides is 6. The number of carboxylic acid groups (broad SMARTS) is 1. The molecule has 0 heterocycles. The lowest BCUT2D eigenvalue weighted by Crippen LogP contribution is -2.65. The zero-order valence-electron chi connectivity index (χ0n) is 14.7. The van der Waals surface area contributed by atoms with E-state index in [0.29, 0.717) is 6.92 Å². The predicted octanol–water partition coefficient (Wildman–Crippen LogP) is 0.871. The average Bonchev–Trinajstić information content (AvgIpc) is 2.51. The summed E-state index contributed by atoms with van der Waals surface area (Å²) in [5.41, 5.74) is -18.1. The quantitative estimate of drug-likeness (QED) is 0.158. The molecule has 1 N–H and O–H groups in total. The fraction of sp³-hybridized carbons (Fsp3) is 0.818. The lowest BCUT2D eigenvalue weighted by molar-refractivity contribution is -0.551. The van der Waals surface area contributed by atoms with Crippen LogP contribution in [0.1, 0.15) is 20.3 Å². The summed E-state index contributed by atoms with van der Waals surface area (Å²) in [5, 5.41) is 20.6. The molecular formula is C11H13F6NO10S2. The number of nitrogens with zero attached hydrogens (tertiary/aromatic N) is 1. The van der Waals surface area contributed by atoms with Crippen LogP contribution in [0.4, 0.5) is 26.3 Å². The first-order valence-corrected chi connectivity index (χ1v) is 10.4. The third kappa shape index (κ3) is 4.30. The van der Waals surface area contributed by atoms with Gasteiger partial charge in [-0.1, -0.05) is 6.92 Å². The van der Waals surface area contributed by atoms with E-state index in [4.69, 9.17) is 0 Å². The molecule has 0 aromatic heterocycles. The molecule has 30 heavy (non-hydrogen) atoms. The summed E-state index contributed by atoms with van der Waals surface area (Å²) in [6.07, 6.45) is -1.61. The van der Waals surface area contributed by atoms with Crippen molar-refractivity contribution in [3.8, 4) is 0 Å². The van der Waals surface area contributed by atoms with Crippen LogP contribution in [0, 0.1) is 16.0 Å². The van der Waals surface area contributed by atoms with E-state index in [1.807, 2.05) is 0 Å². The van der Waals surface area contributed by atoms with Gasteiger partial charge in [-0.2, -0.15) is 26.3 Å². The molecule has 0 radical (unpaired) electrons. The van der Waals surface area contributed by atoms with E-state index < -0.39 is 76.6 Å². The minimum absolute atomic E-state index is 0.454. The number of hydrogen-bond acceptors (Lipinski definition) is 9. The molecule has 0 amide bonds. The van der Waals surface area contributed by atoms with Crippen molar-refractivity contribution in [2.45, 2.75) is 41.4 Å². The first kappa shape index (κ1) is 27.8. The minimum atomic E-state index is -7.47. The van der Waals surface area contributed by atoms with Gasteiger partial charge in [0.2, 0.25) is 0 Å². The number of sulfone groups is 2. The molecule has 11 nitrogen and oxygen atoms in total. The number of ether oxygens (including phenoxy) is 1. The van der Waals surface area contributed by atoms with Crippen LogP contribution in [0.5, 0.6) is 0 Å². The average molecular weight is 497 g/mol. The van der Waals surface area contributed by atoms with Gasteiger partial charge in [-0.05, 0) is 13.3 Å². The highest BCUT2D eigenvalue weighted by molar-refractivity contribution is 8.09. The molecule has 0 aromatic carbocycles. The Bertz CT molecular complexity index is 850. The third-order valence-corrected chi connectivity index (χ3v) is 8.45. The number of nitro groups is 1. The van der Waals surface area contributed by atoms with Gasteiger partial charge in [-0.3, -0.25) is 10.1 Å². The topological polar surface area (TPSA) is 175 Å². The largest absolute Gasteiger partial charge is 0.498 e. The molecule has 2 unspecified atom stereocenters. The van der Waals surface area contributed by atoms with E-state index in [1.165, 1.54) is 0 Å². The highest BCUT2D eigenvalue weighted by atomic mass is 32.3. The molecule has 2 atom stereocenters. The van der Waals surface area contributed by atoms with Gasteiger partial charge in [-0.25, -0.2) is 26.4 Å². The van der Waals surface area contributed by atoms with Gasteiger partial charge in [0.05, 0.1) is 17.4 Å². The summed E-state index contributed by atoms with van der Waals surface area (Å²) in [5.74, 6) is -9.28. The Kier molecular flexibility index (Phi) is 7.90. The van der Waals surface area contributed by atoms with Crippen LogP contribution in [0.25, 0.3) is 0 Å². The van der Waals surface area contributed by atoms with E-state index in [1.54, 1.807) is 0 Å². The Morgan fingerprint density at radius 3 is 1.57 bits per heavy atom. The van der Waals surface area contributed by atoms with Crippen molar-refractivity contribution in [2.24, 2.45) is 5.92 Å². The van der Waals surface area contributed by atoms with Gasteiger partial charge in [0.25, 0.3) is 19.7 Å². The molecule has 0 aromatic rings. The normalized spacial score (nSPS) is 16.6. The van der Waals surface area contributed by atoms with Gasteiger partial charge >= 0.3 is 28.5 Å². The van der Waals surface area contributed by atoms with E-state index >= 15 is 0 Å². The Morgan fingerprint density at radius 1 is 1.00 bits per heavy atom. The van der Waals surface area contributed by atoms with Crippen LogP contribution in [0.2, 0.25) is 0 Å². The summed E-state index contributed by atoms with van der Waals surface area (Å²) in [6.45, 7) is 0.499. The van der Waals surface area contributed by atoms with Crippen molar-refractivity contribution in [3.05, 3.63) is 10.1 Å². The van der Waals surface area contributed by atoms with E-state index in [-0.39, 0.29) is 0 Å². The maximum absolute atomic E-state index is 13.0. The zero-order chi connectivity index (χ0) is 24.5. The van der Waals surface area contributed by atoms with Crippen LogP contribution in [0.15, 0.2) is 0 Å². The van der Waals surface area contributed by atoms with Gasteiger partial charge in [-0.15, -0.1) is 0 Å². The van der Waals surface area contributed by atoms with Crippen molar-refractivity contribution < 1.29 is 67.5 Å². The van der Waals surface area contributed by atoms with Crippen LogP contribution in [0.3, 0.4) is 0 Å². The summed E-state index contributed by atoms with van der Waals surface area (Å²) >= 11 is 0. The number of carbonyl (C=O) groups excluding carboxylic acids is 1. The first-order chi connectivity index (χ1) is 13.2. The van der Waals surface area contributed by atoms with Crippen LogP contribution in [-0.2, 0) is 34.0 Å². The molecule has 0 rings (SSSR count). The standard InChI is InChI=1S/C11H13F6NO10S2/c1-3-5(9(7(19)20,18(22)23)8(21)28-4-2)6(29(24,25)10(12,13)14)30(26,27)11(15,16)17/h5-6H,3-4H2,1-2H3,(H,19,20). The molecule has 19 heteroatoms. The maximum Gasteiger partial charge on any atom is 0.498 e. The molecule has 0 aliphatic rings. The fourth-order valence-electron chi connectivity index (χ4n) is 2.47. The third-order valence-electron chi connectivity index (χ3n) is 3.76. The van der Waals surface area contributed by atoms with Gasteiger partial charge in [0.1, 0.15) is 0 Å². The lowest BCUT2D eigenvalue weighted by atomic mass is 9.83. The Hall–Kier alpha value is -2.18. The van der Waals surface area contributed by atoms with E-state index in [2.05, 4.69) is 4.74 Å². The minimum Gasteiger partial charge on any atom is -0.475 e. The molecular weight excluding hydrogens is 484 g/mol. The Balaban J connectivity index is 7.64. The molecule has 0 saturated heterocycles. The van der Waals surface area contributed by atoms with Gasteiger partial charge in [0, 0.05) is 0 Å². The van der Waals surface area contributed by atoms with Crippen LogP contribution >= 0.6 is 0 Å². The van der Waals surface area contributed by atoms with Crippen molar-refractivity contribution in [2.75, 3.05) is 6.61 Å². The highest BCUT2D eigenvalue weighted by Crippen LogP contribution is 2.44. The van der Waals surface area contributed by atoms with E-state index in [9.17, 15) is 68.0 Å². The molecule has 0 saturated carbocycles. The second-order valence-corrected chi connectivity index (χ2v) is 9.83. The number of rotatable bonds is 9. The number of aliphatic carboxylic acids is 1. The Morgan fingerprint density at radius 2 is 1.37 bits per heavy atom. The van der Waals surface area contributed by atoms with Gasteiger partial charge < -0.3 is 9.84 Å². The lowest BCUT2D eigenvalue weighted by Gasteiger charge is -2.32. The SMILES string of the molecule is CCOC(=O)C(C(=O)O)(C(CC)C(S(=O)(=O)C(F)(F)F)S(=O)(=O)C(F)(F)F)[N+](=O)[O-]. The van der Waals surface area contributed by atoms with Crippen molar-refractivity contribution >= 4 is 31.6 Å². The number of carboxylic acids is 1. The predicted molar refractivity (Wildman–Crippen MR) is 81.5 cm³/mol. The molecule has 0 spiro atoms. The molecule has 0 aliphatic heterocycles. The van der Waals surface area contributed by atoms with Crippen LogP contribution in [-0.4, -0.2) is 66.5 Å². The zero-order valence-corrected chi connectivity index (χ0v) is 16.4. The fourth-order valence-corrected chi connectivity index (χ4v) is 6.63. The summed E-state index contributed by atoms with van der Waals surface area (Å²) < 4.78 is 124. The number of carbonyl (C=O) groups is 2. The van der Waals surface area contributed by atoms with Gasteiger partial charge in [0.15, 0.2) is 4.58 Å². The Labute approximate surface area is 164 Å². The first-order valence-electron chi connectivity index (χ1n) is 7.34. The molecule has 176 valence electrons. The van der Waals surface area contributed by atoms with Crippen molar-refractivity contribution in [1.82, 2.24) is 0 Å². The van der Waals surface area contributed by atoms with Crippen molar-refractivity contribution in [1.29, 1.82) is 0 Å². The second kappa shape index (κ2) is 8.52. The molecule has 0 fully saturated rings. The summed E-state index contributed by atoms with van der Waals surface area (Å²) in [4.78, 5) is 32.8. The monoisotopic (exact) mass is 497 g/mol. The molecule has 0 aliphatic carbocycles. The number of halogens is 6. The number of esters is 1.